The van der Waals surface area contributed by atoms with E-state index >= 15 is 0 Å². The molecule has 3 nitrogen and oxygen atoms in total. The number of hydrogen-bond donors (Lipinski definition) is 1. The van der Waals surface area contributed by atoms with Crippen LogP contribution < -0.4 is 5.32 Å². The molecule has 1 aromatic heterocycles. The van der Waals surface area contributed by atoms with Crippen molar-refractivity contribution in [2.75, 3.05) is 0 Å². The summed E-state index contributed by atoms with van der Waals surface area (Å²) in [6.07, 6.45) is 4.22. The van der Waals surface area contributed by atoms with Gasteiger partial charge >= 0.3 is 0 Å². The van der Waals surface area contributed by atoms with E-state index in [1.54, 1.807) is 6.20 Å². The molecule has 0 saturated heterocycles. The van der Waals surface area contributed by atoms with Crippen LogP contribution in [0.5, 0.6) is 0 Å². The first-order valence-electron chi connectivity index (χ1n) is 5.49. The van der Waals surface area contributed by atoms with Crippen LogP contribution in [0.15, 0.2) is 47.3 Å². The van der Waals surface area contributed by atoms with Crippen molar-refractivity contribution in [3.8, 4) is 0 Å². The first-order chi connectivity index (χ1) is 7.84. The lowest BCUT2D eigenvalue weighted by molar-refractivity contribution is 0.451. The number of benzene rings is 1. The molecule has 1 aromatic carbocycles. The zero-order valence-corrected chi connectivity index (χ0v) is 9.39. The molecule has 2 aromatic rings. The lowest BCUT2D eigenvalue weighted by atomic mass is 10.1. The first kappa shape index (κ1) is 10.9. The largest absolute Gasteiger partial charge is 0.447 e. The van der Waals surface area contributed by atoms with E-state index < -0.39 is 0 Å². The van der Waals surface area contributed by atoms with Crippen molar-refractivity contribution in [2.45, 2.75) is 25.9 Å². The van der Waals surface area contributed by atoms with E-state index in [0.29, 0.717) is 6.04 Å². The summed E-state index contributed by atoms with van der Waals surface area (Å²) in [4.78, 5) is 3.88. The van der Waals surface area contributed by atoms with Gasteiger partial charge in [-0.1, -0.05) is 30.3 Å². The minimum absolute atomic E-state index is 0.424. The highest BCUT2D eigenvalue weighted by Gasteiger charge is 2.03. The molecule has 0 radical (unpaired) electrons. The quantitative estimate of drug-likeness (QED) is 0.834. The second-order valence-corrected chi connectivity index (χ2v) is 3.94. The zero-order valence-electron chi connectivity index (χ0n) is 9.39. The van der Waals surface area contributed by atoms with Crippen LogP contribution in [0.25, 0.3) is 0 Å². The molecule has 0 bridgehead atoms. The third kappa shape index (κ3) is 3.21. The second-order valence-electron chi connectivity index (χ2n) is 3.94. The minimum Gasteiger partial charge on any atom is -0.447 e. The third-order valence-corrected chi connectivity index (χ3v) is 2.49. The average Bonchev–Trinajstić information content (AvgIpc) is 2.81. The maximum atomic E-state index is 5.16. The highest BCUT2D eigenvalue weighted by atomic mass is 16.3. The Morgan fingerprint density at radius 3 is 2.81 bits per heavy atom. The van der Waals surface area contributed by atoms with Crippen LogP contribution in [0.1, 0.15) is 18.2 Å². The number of rotatable bonds is 5. The molecule has 0 aliphatic rings. The summed E-state index contributed by atoms with van der Waals surface area (Å²) in [6.45, 7) is 2.90. The summed E-state index contributed by atoms with van der Waals surface area (Å²) in [5.74, 6) is 0.875. The van der Waals surface area contributed by atoms with Crippen LogP contribution >= 0.6 is 0 Å². The van der Waals surface area contributed by atoms with Gasteiger partial charge in [-0.15, -0.1) is 0 Å². The zero-order chi connectivity index (χ0) is 11.2. The predicted octanol–water partition coefficient (Wildman–Crippen LogP) is 2.40. The maximum absolute atomic E-state index is 5.16. The van der Waals surface area contributed by atoms with E-state index in [-0.39, 0.29) is 0 Å². The summed E-state index contributed by atoms with van der Waals surface area (Å²) in [5.41, 5.74) is 1.35. The van der Waals surface area contributed by atoms with E-state index in [4.69, 9.17) is 4.42 Å². The predicted molar refractivity (Wildman–Crippen MR) is 63.0 cm³/mol. The molecule has 0 aliphatic carbocycles. The summed E-state index contributed by atoms with van der Waals surface area (Å²) >= 11 is 0. The molecule has 1 N–H and O–H groups in total. The summed E-state index contributed by atoms with van der Waals surface area (Å²) in [6, 6.07) is 10.9. The molecular weight excluding hydrogens is 200 g/mol. The van der Waals surface area contributed by atoms with Crippen LogP contribution in [0.3, 0.4) is 0 Å². The van der Waals surface area contributed by atoms with E-state index in [2.05, 4.69) is 41.5 Å². The van der Waals surface area contributed by atoms with Gasteiger partial charge in [-0.25, -0.2) is 4.98 Å². The van der Waals surface area contributed by atoms with Crippen LogP contribution in [0.2, 0.25) is 0 Å². The Kier molecular flexibility index (Phi) is 3.72. The molecule has 16 heavy (non-hydrogen) atoms. The van der Waals surface area contributed by atoms with Gasteiger partial charge in [0.1, 0.15) is 5.76 Å². The van der Waals surface area contributed by atoms with Gasteiger partial charge < -0.3 is 9.73 Å². The number of nitrogens with zero attached hydrogens (tertiary/aromatic N) is 1. The number of aromatic nitrogens is 1. The van der Waals surface area contributed by atoms with Crippen molar-refractivity contribution in [1.82, 2.24) is 10.3 Å². The van der Waals surface area contributed by atoms with E-state index in [1.165, 1.54) is 12.0 Å². The Balaban J connectivity index is 1.78. The van der Waals surface area contributed by atoms with E-state index in [1.807, 2.05) is 6.07 Å². The van der Waals surface area contributed by atoms with Crippen LogP contribution in [-0.2, 0) is 13.0 Å². The van der Waals surface area contributed by atoms with Crippen molar-refractivity contribution in [3.63, 3.8) is 0 Å². The van der Waals surface area contributed by atoms with Crippen LogP contribution in [0, 0.1) is 0 Å². The molecule has 3 heteroatoms. The number of hydrogen-bond acceptors (Lipinski definition) is 3. The molecule has 0 aliphatic heterocycles. The molecule has 0 spiro atoms. The smallest absolute Gasteiger partial charge is 0.180 e. The van der Waals surface area contributed by atoms with E-state index in [0.717, 1.165) is 18.7 Å². The van der Waals surface area contributed by atoms with Crippen molar-refractivity contribution in [3.05, 3.63) is 54.2 Å². The SMILES string of the molecule is CC(Cc1ccccc1)NCc1cnco1. The lowest BCUT2D eigenvalue weighted by Crippen LogP contribution is -2.27. The molecule has 0 fully saturated rings. The van der Waals surface area contributed by atoms with Gasteiger partial charge in [0.15, 0.2) is 6.39 Å². The van der Waals surface area contributed by atoms with Gasteiger partial charge in [0.05, 0.1) is 12.7 Å². The number of nitrogens with one attached hydrogen (secondary N) is 1. The fourth-order valence-corrected chi connectivity index (χ4v) is 1.64. The Bertz CT molecular complexity index is 397. The monoisotopic (exact) mass is 216 g/mol. The van der Waals surface area contributed by atoms with E-state index in [9.17, 15) is 0 Å². The highest BCUT2D eigenvalue weighted by Crippen LogP contribution is 2.03. The topological polar surface area (TPSA) is 38.1 Å². The van der Waals surface area contributed by atoms with Gasteiger partial charge in [0, 0.05) is 6.04 Å². The van der Waals surface area contributed by atoms with Crippen molar-refractivity contribution in [1.29, 1.82) is 0 Å². The Morgan fingerprint density at radius 1 is 1.31 bits per heavy atom. The van der Waals surface area contributed by atoms with Gasteiger partial charge in [-0.2, -0.15) is 0 Å². The van der Waals surface area contributed by atoms with Gasteiger partial charge in [0.25, 0.3) is 0 Å². The molecule has 0 amide bonds. The Morgan fingerprint density at radius 2 is 2.12 bits per heavy atom. The molecule has 1 unspecified atom stereocenters. The minimum atomic E-state index is 0.424. The van der Waals surface area contributed by atoms with Gasteiger partial charge in [0.2, 0.25) is 0 Å². The molecule has 1 atom stereocenters. The summed E-state index contributed by atoms with van der Waals surface area (Å²) in [5, 5.41) is 3.40. The third-order valence-electron chi connectivity index (χ3n) is 2.49. The first-order valence-corrected chi connectivity index (χ1v) is 5.49. The lowest BCUT2D eigenvalue weighted by Gasteiger charge is -2.12. The molecular formula is C13H16N2O. The molecule has 1 heterocycles. The maximum Gasteiger partial charge on any atom is 0.180 e. The highest BCUT2D eigenvalue weighted by molar-refractivity contribution is 5.15. The fraction of sp³-hybridized carbons (Fsp3) is 0.308. The van der Waals surface area contributed by atoms with Crippen molar-refractivity contribution < 1.29 is 4.42 Å². The number of oxazole rings is 1. The summed E-state index contributed by atoms with van der Waals surface area (Å²) < 4.78 is 5.16. The Labute approximate surface area is 95.5 Å². The Hall–Kier alpha value is -1.61. The van der Waals surface area contributed by atoms with Gasteiger partial charge in [-0.05, 0) is 18.9 Å². The fourth-order valence-electron chi connectivity index (χ4n) is 1.64. The normalized spacial score (nSPS) is 12.6. The molecule has 0 saturated carbocycles. The van der Waals surface area contributed by atoms with Gasteiger partial charge in [-0.3, -0.25) is 0 Å². The van der Waals surface area contributed by atoms with Crippen molar-refractivity contribution >= 4 is 0 Å². The average molecular weight is 216 g/mol. The standard InChI is InChI=1S/C13H16N2O/c1-11(7-12-5-3-2-4-6-12)15-9-13-8-14-10-16-13/h2-6,8,10-11,15H,7,9H2,1H3. The summed E-state index contributed by atoms with van der Waals surface area (Å²) in [7, 11) is 0. The van der Waals surface area contributed by atoms with Crippen molar-refractivity contribution in [2.24, 2.45) is 0 Å². The molecule has 2 rings (SSSR count). The second kappa shape index (κ2) is 5.47. The van der Waals surface area contributed by atoms with Crippen LogP contribution in [0.4, 0.5) is 0 Å². The van der Waals surface area contributed by atoms with Crippen LogP contribution in [-0.4, -0.2) is 11.0 Å². The molecule has 84 valence electrons.